The van der Waals surface area contributed by atoms with E-state index in [1.165, 1.54) is 75.8 Å². The third kappa shape index (κ3) is 5.37. The molecule has 57 heavy (non-hydrogen) atoms. The molecule has 1 unspecified atom stereocenters. The number of thiophene rings is 1. The van der Waals surface area contributed by atoms with E-state index in [1.54, 1.807) is 0 Å². The Morgan fingerprint density at radius 2 is 0.825 bits per heavy atom. The highest BCUT2D eigenvalue weighted by Gasteiger charge is 2.47. The number of anilines is 3. The number of hydrogen-bond donors (Lipinski definition) is 0. The summed E-state index contributed by atoms with van der Waals surface area (Å²) in [6.07, 6.45) is 0. The van der Waals surface area contributed by atoms with Gasteiger partial charge in [0, 0.05) is 37.2 Å². The van der Waals surface area contributed by atoms with Crippen molar-refractivity contribution in [2.24, 2.45) is 0 Å². The molecule has 11 rings (SSSR count). The smallest absolute Gasteiger partial charge is 0.0728 e. The molecule has 268 valence electrons. The van der Waals surface area contributed by atoms with Crippen LogP contribution in [0.15, 0.2) is 224 Å². The lowest BCUT2D eigenvalue weighted by Gasteiger charge is -2.35. The number of nitrogens with zero attached hydrogens (tertiary/aromatic N) is 1. The van der Waals surface area contributed by atoms with Crippen LogP contribution in [0.2, 0.25) is 0 Å². The van der Waals surface area contributed by atoms with Gasteiger partial charge in [0.2, 0.25) is 0 Å². The first-order valence-electron chi connectivity index (χ1n) is 19.6. The van der Waals surface area contributed by atoms with Gasteiger partial charge in [0.25, 0.3) is 0 Å². The van der Waals surface area contributed by atoms with E-state index in [-0.39, 0.29) is 0 Å². The molecule has 1 aliphatic carbocycles. The van der Waals surface area contributed by atoms with Crippen LogP contribution in [0.5, 0.6) is 0 Å². The molecule has 9 aromatic carbocycles. The Bertz CT molecular complexity index is 2960. The summed E-state index contributed by atoms with van der Waals surface area (Å²) < 4.78 is 2.65. The van der Waals surface area contributed by atoms with E-state index in [0.29, 0.717) is 0 Å². The van der Waals surface area contributed by atoms with Crippen LogP contribution < -0.4 is 4.90 Å². The molecule has 0 radical (unpaired) electrons. The first-order chi connectivity index (χ1) is 28.3. The molecule has 0 spiro atoms. The van der Waals surface area contributed by atoms with E-state index in [4.69, 9.17) is 0 Å². The van der Waals surface area contributed by atoms with Crippen molar-refractivity contribution in [3.63, 3.8) is 0 Å². The molecular weight excluding hydrogens is 707 g/mol. The lowest BCUT2D eigenvalue weighted by molar-refractivity contribution is 0.777. The second-order valence-electron chi connectivity index (χ2n) is 14.8. The minimum atomic E-state index is -0.552. The predicted octanol–water partition coefficient (Wildman–Crippen LogP) is 15.2. The predicted molar refractivity (Wildman–Crippen MR) is 242 cm³/mol. The van der Waals surface area contributed by atoms with Crippen molar-refractivity contribution in [2.45, 2.75) is 5.41 Å². The summed E-state index contributed by atoms with van der Waals surface area (Å²) >= 11 is 1.91. The van der Waals surface area contributed by atoms with E-state index in [0.717, 1.165) is 17.1 Å². The average Bonchev–Trinajstić information content (AvgIpc) is 3.82. The van der Waals surface area contributed by atoms with Gasteiger partial charge in [-0.1, -0.05) is 182 Å². The second-order valence-corrected chi connectivity index (χ2v) is 15.9. The summed E-state index contributed by atoms with van der Waals surface area (Å²) in [5.41, 5.74) is 15.3. The summed E-state index contributed by atoms with van der Waals surface area (Å²) in [4.78, 5) is 2.42. The van der Waals surface area contributed by atoms with Crippen LogP contribution in [0.25, 0.3) is 53.6 Å². The van der Waals surface area contributed by atoms with Crippen molar-refractivity contribution < 1.29 is 0 Å². The molecule has 1 nitrogen and oxygen atoms in total. The van der Waals surface area contributed by atoms with Gasteiger partial charge in [-0.05, 0) is 98.1 Å². The van der Waals surface area contributed by atoms with Crippen molar-refractivity contribution in [2.75, 3.05) is 4.90 Å². The van der Waals surface area contributed by atoms with Crippen molar-refractivity contribution >= 4 is 48.6 Å². The van der Waals surface area contributed by atoms with Gasteiger partial charge in [0.15, 0.2) is 0 Å². The molecule has 0 amide bonds. The van der Waals surface area contributed by atoms with Crippen LogP contribution in [0.3, 0.4) is 0 Å². The van der Waals surface area contributed by atoms with Crippen molar-refractivity contribution in [1.82, 2.24) is 0 Å². The fraction of sp³-hybridized carbons (Fsp3) is 0.0182. The highest BCUT2D eigenvalue weighted by atomic mass is 32.1. The molecule has 0 saturated heterocycles. The first-order valence-corrected chi connectivity index (χ1v) is 20.4. The standard InChI is InChI=1S/C55H37NS/c1-4-15-38(16-5-1)40-27-31-43(32-28-40)56(44-33-29-41(30-34-44)39-17-6-2-7-18-39)45-35-36-47-46-21-10-12-24-50(46)55(52(47)37-45,42-19-8-3-9-20-42)51-25-14-23-49-48-22-11-13-26-53(48)57-54(49)51/h1-37H. The number of hydrogen-bond acceptors (Lipinski definition) is 2. The van der Waals surface area contributed by atoms with Crippen LogP contribution in [0.1, 0.15) is 22.3 Å². The lowest BCUT2D eigenvalue weighted by Crippen LogP contribution is -2.29. The summed E-state index contributed by atoms with van der Waals surface area (Å²) in [6.45, 7) is 0. The molecule has 1 heterocycles. The molecule has 0 saturated carbocycles. The molecule has 10 aromatic rings. The lowest BCUT2D eigenvalue weighted by atomic mass is 9.67. The minimum Gasteiger partial charge on any atom is -0.310 e. The van der Waals surface area contributed by atoms with Crippen LogP contribution in [-0.4, -0.2) is 0 Å². The monoisotopic (exact) mass is 743 g/mol. The molecule has 1 aromatic heterocycles. The van der Waals surface area contributed by atoms with Gasteiger partial charge in [0.1, 0.15) is 0 Å². The highest BCUT2D eigenvalue weighted by Crippen LogP contribution is 2.59. The van der Waals surface area contributed by atoms with Gasteiger partial charge < -0.3 is 4.90 Å². The molecule has 1 atom stereocenters. The molecule has 0 N–H and O–H groups in total. The Morgan fingerprint density at radius 1 is 0.333 bits per heavy atom. The number of rotatable bonds is 7. The van der Waals surface area contributed by atoms with Crippen LogP contribution in [0.4, 0.5) is 17.1 Å². The van der Waals surface area contributed by atoms with Crippen molar-refractivity contribution in [3.8, 4) is 33.4 Å². The van der Waals surface area contributed by atoms with Crippen LogP contribution in [0, 0.1) is 0 Å². The van der Waals surface area contributed by atoms with Gasteiger partial charge in [-0.15, -0.1) is 11.3 Å². The fourth-order valence-corrected chi connectivity index (χ4v) is 10.5. The molecule has 2 heteroatoms. The average molecular weight is 744 g/mol. The first kappa shape index (κ1) is 33.3. The minimum absolute atomic E-state index is 0.552. The van der Waals surface area contributed by atoms with Gasteiger partial charge >= 0.3 is 0 Å². The van der Waals surface area contributed by atoms with E-state index >= 15 is 0 Å². The van der Waals surface area contributed by atoms with E-state index in [9.17, 15) is 0 Å². The number of benzene rings is 9. The zero-order valence-corrected chi connectivity index (χ0v) is 32.0. The maximum absolute atomic E-state index is 2.48. The van der Waals surface area contributed by atoms with Crippen molar-refractivity contribution in [3.05, 3.63) is 247 Å². The second kappa shape index (κ2) is 13.6. The summed E-state index contributed by atoms with van der Waals surface area (Å²) in [6, 6.07) is 82.5. The summed E-state index contributed by atoms with van der Waals surface area (Å²) in [7, 11) is 0. The summed E-state index contributed by atoms with van der Waals surface area (Å²) in [5, 5.41) is 2.62. The van der Waals surface area contributed by atoms with E-state index < -0.39 is 5.41 Å². The molecular formula is C55H37NS. The SMILES string of the molecule is c1ccc(-c2ccc(N(c3ccc(-c4ccccc4)cc3)c3ccc4c(c3)C(c3ccccc3)(c3cccc5c3sc3ccccc35)c3ccccc3-4)cc2)cc1. The van der Waals surface area contributed by atoms with Gasteiger partial charge in [-0.2, -0.15) is 0 Å². The Balaban J connectivity index is 1.16. The zero-order valence-electron chi connectivity index (χ0n) is 31.2. The normalized spacial score (nSPS) is 14.4. The van der Waals surface area contributed by atoms with Crippen LogP contribution >= 0.6 is 11.3 Å². The van der Waals surface area contributed by atoms with Crippen molar-refractivity contribution in [1.29, 1.82) is 0 Å². The fourth-order valence-electron chi connectivity index (χ4n) is 9.21. The Kier molecular flexibility index (Phi) is 7.98. The Morgan fingerprint density at radius 3 is 1.49 bits per heavy atom. The van der Waals surface area contributed by atoms with Crippen LogP contribution in [-0.2, 0) is 5.41 Å². The molecule has 0 aliphatic heterocycles. The third-order valence-corrected chi connectivity index (χ3v) is 13.0. The maximum atomic E-state index is 2.48. The third-order valence-electron chi connectivity index (χ3n) is 11.8. The largest absolute Gasteiger partial charge is 0.310 e. The quantitative estimate of drug-likeness (QED) is 0.157. The van der Waals surface area contributed by atoms with Gasteiger partial charge in [0.05, 0.1) is 5.41 Å². The maximum Gasteiger partial charge on any atom is 0.0728 e. The highest BCUT2D eigenvalue weighted by molar-refractivity contribution is 7.26. The van der Waals surface area contributed by atoms with E-state index in [2.05, 4.69) is 229 Å². The molecule has 1 aliphatic rings. The van der Waals surface area contributed by atoms with Gasteiger partial charge in [-0.3, -0.25) is 0 Å². The molecule has 0 bridgehead atoms. The zero-order chi connectivity index (χ0) is 37.8. The Labute approximate surface area is 337 Å². The topological polar surface area (TPSA) is 3.24 Å². The van der Waals surface area contributed by atoms with Gasteiger partial charge in [-0.25, -0.2) is 0 Å². The molecule has 0 fully saturated rings. The van der Waals surface area contributed by atoms with E-state index in [1.807, 2.05) is 11.3 Å². The Hall–Kier alpha value is -7.00. The summed E-state index contributed by atoms with van der Waals surface area (Å²) in [5.74, 6) is 0. The number of fused-ring (bicyclic) bond motifs is 6.